The van der Waals surface area contributed by atoms with Gasteiger partial charge >= 0.3 is 5.97 Å². The van der Waals surface area contributed by atoms with Crippen LogP contribution < -0.4 is 5.32 Å². The molecule has 0 saturated carbocycles. The van der Waals surface area contributed by atoms with Gasteiger partial charge in [-0.25, -0.2) is 4.79 Å². The van der Waals surface area contributed by atoms with Crippen LogP contribution in [0.1, 0.15) is 117 Å². The SMILES string of the molecule is CCCCCCCC/C=C\CCCCCCCC(=O)N[C@H](CC(C)C)C(=O)O. The molecule has 0 aliphatic heterocycles. The summed E-state index contributed by atoms with van der Waals surface area (Å²) in [5, 5.41) is 11.8. The Hall–Kier alpha value is -1.32. The van der Waals surface area contributed by atoms with Gasteiger partial charge in [0.2, 0.25) is 5.91 Å². The third-order valence-corrected chi connectivity index (χ3v) is 5.01. The molecule has 1 atom stereocenters. The molecule has 0 aromatic carbocycles. The maximum absolute atomic E-state index is 11.9. The number of amides is 1. The predicted molar refractivity (Wildman–Crippen MR) is 118 cm³/mol. The summed E-state index contributed by atoms with van der Waals surface area (Å²) in [5.74, 6) is -0.821. The van der Waals surface area contributed by atoms with Gasteiger partial charge < -0.3 is 10.4 Å². The summed E-state index contributed by atoms with van der Waals surface area (Å²) in [6.07, 6.45) is 21.5. The van der Waals surface area contributed by atoms with Crippen LogP contribution in [0.5, 0.6) is 0 Å². The molecule has 0 heterocycles. The Morgan fingerprint density at radius 1 is 0.821 bits per heavy atom. The average molecular weight is 396 g/mol. The van der Waals surface area contributed by atoms with E-state index in [-0.39, 0.29) is 11.8 Å². The number of unbranched alkanes of at least 4 members (excludes halogenated alkanes) is 11. The number of carboxylic acid groups (broad SMARTS) is 1. The molecule has 4 nitrogen and oxygen atoms in total. The highest BCUT2D eigenvalue weighted by Gasteiger charge is 2.20. The number of nitrogens with one attached hydrogen (secondary N) is 1. The monoisotopic (exact) mass is 395 g/mol. The topological polar surface area (TPSA) is 66.4 Å². The third kappa shape index (κ3) is 18.1. The molecule has 0 radical (unpaired) electrons. The van der Waals surface area contributed by atoms with E-state index in [2.05, 4.69) is 24.4 Å². The summed E-state index contributed by atoms with van der Waals surface area (Å²) in [7, 11) is 0. The van der Waals surface area contributed by atoms with Gasteiger partial charge in [-0.1, -0.05) is 84.3 Å². The number of hydrogen-bond acceptors (Lipinski definition) is 2. The lowest BCUT2D eigenvalue weighted by Crippen LogP contribution is -2.41. The van der Waals surface area contributed by atoms with E-state index in [9.17, 15) is 9.59 Å². The number of carbonyl (C=O) groups is 2. The Labute approximate surface area is 173 Å². The first kappa shape index (κ1) is 26.7. The number of hydrogen-bond donors (Lipinski definition) is 2. The largest absolute Gasteiger partial charge is 0.480 e. The lowest BCUT2D eigenvalue weighted by molar-refractivity contribution is -0.142. The quantitative estimate of drug-likeness (QED) is 0.190. The first-order valence-electron chi connectivity index (χ1n) is 11.6. The van der Waals surface area contributed by atoms with Gasteiger partial charge in [0.25, 0.3) is 0 Å². The number of aliphatic carboxylic acids is 1. The highest BCUT2D eigenvalue weighted by Crippen LogP contribution is 2.10. The smallest absolute Gasteiger partial charge is 0.326 e. The van der Waals surface area contributed by atoms with Crippen LogP contribution in [0.2, 0.25) is 0 Å². The van der Waals surface area contributed by atoms with Crippen molar-refractivity contribution in [1.82, 2.24) is 5.32 Å². The molecular weight excluding hydrogens is 350 g/mol. The van der Waals surface area contributed by atoms with Gasteiger partial charge in [0.05, 0.1) is 0 Å². The van der Waals surface area contributed by atoms with E-state index in [1.165, 1.54) is 57.8 Å². The second-order valence-electron chi connectivity index (χ2n) is 8.42. The van der Waals surface area contributed by atoms with Crippen LogP contribution in [-0.2, 0) is 9.59 Å². The van der Waals surface area contributed by atoms with E-state index in [0.29, 0.717) is 12.8 Å². The van der Waals surface area contributed by atoms with Crippen LogP contribution in [0, 0.1) is 5.92 Å². The van der Waals surface area contributed by atoms with E-state index in [1.807, 2.05) is 13.8 Å². The normalized spacial score (nSPS) is 12.6. The molecule has 0 aliphatic carbocycles. The fourth-order valence-corrected chi connectivity index (χ4v) is 3.32. The molecule has 164 valence electrons. The van der Waals surface area contributed by atoms with Gasteiger partial charge in [-0.2, -0.15) is 0 Å². The van der Waals surface area contributed by atoms with Gasteiger partial charge in [0.1, 0.15) is 6.04 Å². The molecule has 0 saturated heterocycles. The molecule has 0 aromatic rings. The first-order chi connectivity index (χ1) is 13.5. The number of carboxylic acids is 1. The zero-order valence-corrected chi connectivity index (χ0v) is 18.7. The standard InChI is InChI=1S/C24H45NO3/c1-4-5-6-7-8-9-10-11-12-13-14-15-16-17-18-19-23(26)25-22(24(27)28)20-21(2)3/h11-12,21-22H,4-10,13-20H2,1-3H3,(H,25,26)(H,27,28)/b12-11-/t22-/m1/s1. The predicted octanol–water partition coefficient (Wildman–Crippen LogP) is 6.64. The van der Waals surface area contributed by atoms with Crippen molar-refractivity contribution < 1.29 is 14.7 Å². The van der Waals surface area contributed by atoms with E-state index < -0.39 is 12.0 Å². The Kier molecular flexibility index (Phi) is 18.1. The number of rotatable bonds is 19. The summed E-state index contributed by atoms with van der Waals surface area (Å²) in [6, 6.07) is -0.754. The molecule has 0 unspecified atom stereocenters. The van der Waals surface area contributed by atoms with Gasteiger partial charge in [0.15, 0.2) is 0 Å². The Balaban J connectivity index is 3.50. The number of carbonyl (C=O) groups excluding carboxylic acids is 1. The highest BCUT2D eigenvalue weighted by atomic mass is 16.4. The maximum atomic E-state index is 11.9. The zero-order valence-electron chi connectivity index (χ0n) is 18.7. The minimum absolute atomic E-state index is 0.134. The summed E-state index contributed by atoms with van der Waals surface area (Å²) in [6.45, 7) is 6.18. The molecule has 0 aromatic heterocycles. The van der Waals surface area contributed by atoms with Crippen LogP contribution >= 0.6 is 0 Å². The lowest BCUT2D eigenvalue weighted by atomic mass is 10.0. The minimum atomic E-state index is -0.938. The fraction of sp³-hybridized carbons (Fsp3) is 0.833. The molecule has 0 fully saturated rings. The van der Waals surface area contributed by atoms with Crippen LogP contribution in [0.15, 0.2) is 12.2 Å². The molecule has 1 amide bonds. The second kappa shape index (κ2) is 19.0. The summed E-state index contributed by atoms with van der Waals surface area (Å²) < 4.78 is 0. The maximum Gasteiger partial charge on any atom is 0.326 e. The van der Waals surface area contributed by atoms with E-state index in [1.54, 1.807) is 0 Å². The van der Waals surface area contributed by atoms with Crippen molar-refractivity contribution in [1.29, 1.82) is 0 Å². The molecule has 28 heavy (non-hydrogen) atoms. The van der Waals surface area contributed by atoms with Crippen molar-refractivity contribution in [3.63, 3.8) is 0 Å². The van der Waals surface area contributed by atoms with Gasteiger partial charge in [-0.05, 0) is 44.4 Å². The molecule has 4 heteroatoms. The highest BCUT2D eigenvalue weighted by molar-refractivity contribution is 5.83. The minimum Gasteiger partial charge on any atom is -0.480 e. The Morgan fingerprint density at radius 2 is 1.32 bits per heavy atom. The van der Waals surface area contributed by atoms with Crippen LogP contribution in [0.25, 0.3) is 0 Å². The lowest BCUT2D eigenvalue weighted by Gasteiger charge is -2.16. The molecular formula is C24H45NO3. The summed E-state index contributed by atoms with van der Waals surface area (Å²) in [5.41, 5.74) is 0. The van der Waals surface area contributed by atoms with Gasteiger partial charge in [0, 0.05) is 6.42 Å². The van der Waals surface area contributed by atoms with Crippen LogP contribution in [0.3, 0.4) is 0 Å². The molecule has 0 spiro atoms. The van der Waals surface area contributed by atoms with Gasteiger partial charge in [-0.15, -0.1) is 0 Å². The summed E-state index contributed by atoms with van der Waals surface area (Å²) in [4.78, 5) is 23.1. The van der Waals surface area contributed by atoms with Gasteiger partial charge in [-0.3, -0.25) is 4.79 Å². The van der Waals surface area contributed by atoms with Crippen molar-refractivity contribution >= 4 is 11.9 Å². The van der Waals surface area contributed by atoms with E-state index in [0.717, 1.165) is 25.7 Å². The van der Waals surface area contributed by atoms with Crippen LogP contribution in [-0.4, -0.2) is 23.0 Å². The Bertz CT molecular complexity index is 418. The average Bonchev–Trinajstić information content (AvgIpc) is 2.64. The molecule has 0 aliphatic rings. The number of allylic oxidation sites excluding steroid dienone is 2. The fourth-order valence-electron chi connectivity index (χ4n) is 3.32. The van der Waals surface area contributed by atoms with Crippen molar-refractivity contribution in [3.05, 3.63) is 12.2 Å². The third-order valence-electron chi connectivity index (χ3n) is 5.01. The van der Waals surface area contributed by atoms with Crippen molar-refractivity contribution in [2.45, 2.75) is 123 Å². The van der Waals surface area contributed by atoms with E-state index >= 15 is 0 Å². The first-order valence-corrected chi connectivity index (χ1v) is 11.6. The van der Waals surface area contributed by atoms with Crippen molar-refractivity contribution in [3.8, 4) is 0 Å². The Morgan fingerprint density at radius 3 is 1.82 bits per heavy atom. The molecule has 2 N–H and O–H groups in total. The zero-order chi connectivity index (χ0) is 21.0. The molecule has 0 rings (SSSR count). The van der Waals surface area contributed by atoms with Crippen molar-refractivity contribution in [2.75, 3.05) is 0 Å². The summed E-state index contributed by atoms with van der Waals surface area (Å²) >= 11 is 0. The van der Waals surface area contributed by atoms with Crippen LogP contribution in [0.4, 0.5) is 0 Å². The van der Waals surface area contributed by atoms with Crippen molar-refractivity contribution in [2.24, 2.45) is 5.92 Å². The van der Waals surface area contributed by atoms with E-state index in [4.69, 9.17) is 5.11 Å². The molecule has 0 bridgehead atoms. The second-order valence-corrected chi connectivity index (χ2v) is 8.42.